The zero-order valence-electron chi connectivity index (χ0n) is 11.9. The molecule has 0 saturated heterocycles. The van der Waals surface area contributed by atoms with Crippen LogP contribution in [0.5, 0.6) is 0 Å². The topological polar surface area (TPSA) is 49.0 Å². The minimum Gasteiger partial charge on any atom is -0.264 e. The minimum absolute atomic E-state index is 0.233. The Labute approximate surface area is 115 Å². The molecular formula is C16H19N3. The molecule has 0 atom stereocenters. The van der Waals surface area contributed by atoms with E-state index in [0.29, 0.717) is 5.57 Å². The van der Waals surface area contributed by atoms with Gasteiger partial charge in [-0.25, -0.2) is 0 Å². The first-order chi connectivity index (χ1) is 8.97. The van der Waals surface area contributed by atoms with Crippen molar-refractivity contribution in [2.45, 2.75) is 27.7 Å². The van der Waals surface area contributed by atoms with E-state index in [2.05, 4.69) is 36.5 Å². The molecule has 0 saturated carbocycles. The molecule has 0 bridgehead atoms. The highest BCUT2D eigenvalue weighted by Crippen LogP contribution is 2.21. The molecule has 98 valence electrons. The van der Waals surface area contributed by atoms with Crippen LogP contribution in [0.25, 0.3) is 0 Å². The van der Waals surface area contributed by atoms with E-state index in [1.165, 1.54) is 0 Å². The number of nitriles is 1. The average Bonchev–Trinajstić information content (AvgIpc) is 2.43. The summed E-state index contributed by atoms with van der Waals surface area (Å²) in [5.41, 5.74) is 4.08. The van der Waals surface area contributed by atoms with E-state index in [9.17, 15) is 0 Å². The smallest absolute Gasteiger partial charge is 0.0988 e. The Balaban J connectivity index is 3.24. The summed E-state index contributed by atoms with van der Waals surface area (Å²) in [5.74, 6) is 0.233. The predicted molar refractivity (Wildman–Crippen MR) is 78.7 cm³/mol. The molecule has 0 N–H and O–H groups in total. The van der Waals surface area contributed by atoms with Gasteiger partial charge in [-0.2, -0.15) is 5.26 Å². The molecule has 0 aromatic carbocycles. The van der Waals surface area contributed by atoms with Crippen molar-refractivity contribution in [3.8, 4) is 6.07 Å². The van der Waals surface area contributed by atoms with E-state index in [0.717, 1.165) is 22.5 Å². The zero-order valence-corrected chi connectivity index (χ0v) is 11.9. The highest BCUT2D eigenvalue weighted by Gasteiger charge is 2.10. The van der Waals surface area contributed by atoms with Crippen LogP contribution in [0.3, 0.4) is 0 Å². The summed E-state index contributed by atoms with van der Waals surface area (Å²) in [6.07, 6.45) is 3.52. The van der Waals surface area contributed by atoms with Crippen molar-refractivity contribution in [2.75, 3.05) is 0 Å². The van der Waals surface area contributed by atoms with Gasteiger partial charge < -0.3 is 0 Å². The van der Waals surface area contributed by atoms with Crippen LogP contribution in [-0.2, 0) is 0 Å². The maximum atomic E-state index is 8.94. The molecule has 0 amide bonds. The van der Waals surface area contributed by atoms with Gasteiger partial charge in [0, 0.05) is 34.9 Å². The van der Waals surface area contributed by atoms with Crippen LogP contribution in [0.1, 0.15) is 33.3 Å². The molecule has 1 rings (SSSR count). The summed E-state index contributed by atoms with van der Waals surface area (Å²) < 4.78 is 0. The van der Waals surface area contributed by atoms with Crippen molar-refractivity contribution < 1.29 is 0 Å². The van der Waals surface area contributed by atoms with Crippen molar-refractivity contribution in [2.24, 2.45) is 10.9 Å². The van der Waals surface area contributed by atoms with Crippen molar-refractivity contribution in [1.82, 2.24) is 4.98 Å². The lowest BCUT2D eigenvalue weighted by atomic mass is 10.0. The second-order valence-corrected chi connectivity index (χ2v) is 4.69. The van der Waals surface area contributed by atoms with Gasteiger partial charge in [0.15, 0.2) is 0 Å². The van der Waals surface area contributed by atoms with Crippen LogP contribution in [-0.4, -0.2) is 10.7 Å². The summed E-state index contributed by atoms with van der Waals surface area (Å²) in [7, 11) is 0. The molecule has 0 fully saturated rings. The highest BCUT2D eigenvalue weighted by molar-refractivity contribution is 5.99. The zero-order chi connectivity index (χ0) is 14.4. The first-order valence-corrected chi connectivity index (χ1v) is 6.23. The molecule has 1 aromatic rings. The third-order valence-electron chi connectivity index (χ3n) is 2.89. The fourth-order valence-electron chi connectivity index (χ4n) is 1.71. The van der Waals surface area contributed by atoms with E-state index in [4.69, 9.17) is 5.26 Å². The standard InChI is InChI=1S/C16H19N3/c1-11(2)16(13(4)12(3)9-17)19-14(5)15-7-6-8-18-10-15/h6-8,10-11H,3H2,1-2,4-5H3/b16-13+,19-14?. The summed E-state index contributed by atoms with van der Waals surface area (Å²) in [6.45, 7) is 11.7. The number of rotatable bonds is 4. The number of pyridine rings is 1. The Morgan fingerprint density at radius 3 is 2.58 bits per heavy atom. The molecule has 0 spiro atoms. The van der Waals surface area contributed by atoms with Gasteiger partial charge in [0.05, 0.1) is 6.07 Å². The van der Waals surface area contributed by atoms with Crippen molar-refractivity contribution in [1.29, 1.82) is 5.26 Å². The summed E-state index contributed by atoms with van der Waals surface area (Å²) in [5, 5.41) is 8.94. The molecular weight excluding hydrogens is 234 g/mol. The fraction of sp³-hybridized carbons (Fsp3) is 0.312. The Hall–Kier alpha value is -2.21. The SMILES string of the molecule is C=C(C#N)/C(C)=C(/N=C(C)c1cccnc1)C(C)C. The molecule has 0 aliphatic heterocycles. The normalized spacial score (nSPS) is 12.9. The maximum absolute atomic E-state index is 8.94. The minimum atomic E-state index is 0.233. The van der Waals surface area contributed by atoms with E-state index < -0.39 is 0 Å². The van der Waals surface area contributed by atoms with Gasteiger partial charge in [-0.3, -0.25) is 9.98 Å². The summed E-state index contributed by atoms with van der Waals surface area (Å²) in [4.78, 5) is 8.75. The molecule has 3 heteroatoms. The number of allylic oxidation sites excluding steroid dienone is 3. The molecule has 0 aliphatic carbocycles. The van der Waals surface area contributed by atoms with Crippen molar-refractivity contribution in [3.63, 3.8) is 0 Å². The second-order valence-electron chi connectivity index (χ2n) is 4.69. The van der Waals surface area contributed by atoms with Crippen LogP contribution < -0.4 is 0 Å². The van der Waals surface area contributed by atoms with Gasteiger partial charge in [0.1, 0.15) is 0 Å². The van der Waals surface area contributed by atoms with E-state index in [1.807, 2.05) is 26.0 Å². The van der Waals surface area contributed by atoms with Crippen molar-refractivity contribution in [3.05, 3.63) is 53.5 Å². The van der Waals surface area contributed by atoms with Gasteiger partial charge in [0.25, 0.3) is 0 Å². The molecule has 0 radical (unpaired) electrons. The van der Waals surface area contributed by atoms with E-state index in [-0.39, 0.29) is 5.92 Å². The number of aliphatic imine (C=N–C) groups is 1. The fourth-order valence-corrected chi connectivity index (χ4v) is 1.71. The second kappa shape index (κ2) is 6.65. The van der Waals surface area contributed by atoms with Gasteiger partial charge in [-0.1, -0.05) is 26.5 Å². The lowest BCUT2D eigenvalue weighted by Gasteiger charge is -2.12. The predicted octanol–water partition coefficient (Wildman–Crippen LogP) is 3.90. The number of hydrogen-bond donors (Lipinski definition) is 0. The third-order valence-corrected chi connectivity index (χ3v) is 2.89. The highest BCUT2D eigenvalue weighted by atomic mass is 14.8. The van der Waals surface area contributed by atoms with Gasteiger partial charge in [-0.05, 0) is 31.4 Å². The maximum Gasteiger partial charge on any atom is 0.0988 e. The molecule has 1 heterocycles. The molecule has 1 aromatic heterocycles. The molecule has 3 nitrogen and oxygen atoms in total. The van der Waals surface area contributed by atoms with E-state index in [1.54, 1.807) is 12.4 Å². The summed E-state index contributed by atoms with van der Waals surface area (Å²) >= 11 is 0. The first-order valence-electron chi connectivity index (χ1n) is 6.23. The lowest BCUT2D eigenvalue weighted by Crippen LogP contribution is -2.02. The van der Waals surface area contributed by atoms with Gasteiger partial charge in [0.2, 0.25) is 0 Å². The Morgan fingerprint density at radius 1 is 1.42 bits per heavy atom. The third kappa shape index (κ3) is 3.89. The molecule has 0 aliphatic rings. The quantitative estimate of drug-likeness (QED) is 0.464. The molecule has 19 heavy (non-hydrogen) atoms. The number of hydrogen-bond acceptors (Lipinski definition) is 3. The molecule has 0 unspecified atom stereocenters. The van der Waals surface area contributed by atoms with Gasteiger partial charge in [-0.15, -0.1) is 0 Å². The first kappa shape index (κ1) is 14.8. The van der Waals surface area contributed by atoms with Crippen molar-refractivity contribution >= 4 is 5.71 Å². The average molecular weight is 253 g/mol. The Kier molecular flexibility index (Phi) is 5.20. The summed E-state index contributed by atoms with van der Waals surface area (Å²) in [6, 6.07) is 5.93. The monoisotopic (exact) mass is 253 g/mol. The van der Waals surface area contributed by atoms with Crippen LogP contribution in [0.15, 0.2) is 52.9 Å². The largest absolute Gasteiger partial charge is 0.264 e. The lowest BCUT2D eigenvalue weighted by molar-refractivity contribution is 0.747. The van der Waals surface area contributed by atoms with Gasteiger partial charge >= 0.3 is 0 Å². The number of aromatic nitrogens is 1. The van der Waals surface area contributed by atoms with Crippen LogP contribution in [0, 0.1) is 17.2 Å². The number of nitrogens with zero attached hydrogens (tertiary/aromatic N) is 3. The van der Waals surface area contributed by atoms with Crippen LogP contribution in [0.2, 0.25) is 0 Å². The van der Waals surface area contributed by atoms with E-state index >= 15 is 0 Å². The Morgan fingerprint density at radius 2 is 2.11 bits per heavy atom. The van der Waals surface area contributed by atoms with Crippen LogP contribution >= 0.6 is 0 Å². The Bertz CT molecular complexity index is 557. The van der Waals surface area contributed by atoms with Crippen LogP contribution in [0.4, 0.5) is 0 Å².